The maximum absolute atomic E-state index is 12.1. The third-order valence-electron chi connectivity index (χ3n) is 3.63. The molecule has 7 nitrogen and oxygen atoms in total. The number of ether oxygens (including phenoxy) is 2. The molecule has 2 rings (SSSR count). The van der Waals surface area contributed by atoms with Gasteiger partial charge < -0.3 is 20.1 Å². The number of anilines is 2. The van der Waals surface area contributed by atoms with E-state index in [1.807, 2.05) is 31.2 Å². The van der Waals surface area contributed by atoms with E-state index in [2.05, 4.69) is 10.6 Å². The van der Waals surface area contributed by atoms with E-state index in [4.69, 9.17) is 9.47 Å². The molecular formula is C21H22N2O5. The van der Waals surface area contributed by atoms with Crippen molar-refractivity contribution in [3.8, 4) is 5.75 Å². The SMILES string of the molecule is COc1ccc(NC(C)=O)cc1NC(=O)COC(=O)/C=C/c1ccc(C)cc1. The Balaban J connectivity index is 1.91. The molecule has 0 atom stereocenters. The van der Waals surface area contributed by atoms with Gasteiger partial charge in [0.25, 0.3) is 5.91 Å². The minimum atomic E-state index is -0.630. The molecule has 2 N–H and O–H groups in total. The number of aryl methyl sites for hydroxylation is 1. The number of carbonyl (C=O) groups excluding carboxylic acids is 3. The van der Waals surface area contributed by atoms with Crippen LogP contribution in [0.5, 0.6) is 5.75 Å². The van der Waals surface area contributed by atoms with Gasteiger partial charge in [-0.1, -0.05) is 29.8 Å². The van der Waals surface area contributed by atoms with Gasteiger partial charge in [-0.3, -0.25) is 9.59 Å². The fourth-order valence-corrected chi connectivity index (χ4v) is 2.30. The van der Waals surface area contributed by atoms with E-state index in [9.17, 15) is 14.4 Å². The molecule has 0 fully saturated rings. The van der Waals surface area contributed by atoms with Gasteiger partial charge >= 0.3 is 5.97 Å². The summed E-state index contributed by atoms with van der Waals surface area (Å²) in [6.07, 6.45) is 2.87. The summed E-state index contributed by atoms with van der Waals surface area (Å²) < 4.78 is 10.1. The van der Waals surface area contributed by atoms with Crippen molar-refractivity contribution in [2.45, 2.75) is 13.8 Å². The van der Waals surface area contributed by atoms with Crippen LogP contribution in [0.25, 0.3) is 6.08 Å². The molecule has 2 aromatic carbocycles. The Kier molecular flexibility index (Phi) is 7.33. The predicted molar refractivity (Wildman–Crippen MR) is 107 cm³/mol. The number of hydrogen-bond acceptors (Lipinski definition) is 5. The summed E-state index contributed by atoms with van der Waals surface area (Å²) in [5.41, 5.74) is 2.83. The zero-order valence-electron chi connectivity index (χ0n) is 15.9. The van der Waals surface area contributed by atoms with E-state index in [1.165, 1.54) is 20.1 Å². The smallest absolute Gasteiger partial charge is 0.331 e. The summed E-state index contributed by atoms with van der Waals surface area (Å²) in [7, 11) is 1.46. The second-order valence-electron chi connectivity index (χ2n) is 6.00. The maximum Gasteiger partial charge on any atom is 0.331 e. The number of rotatable bonds is 7. The highest BCUT2D eigenvalue weighted by Gasteiger charge is 2.11. The number of methoxy groups -OCH3 is 1. The quantitative estimate of drug-likeness (QED) is 0.567. The lowest BCUT2D eigenvalue weighted by atomic mass is 10.1. The first-order valence-electron chi connectivity index (χ1n) is 8.54. The molecule has 0 spiro atoms. The van der Waals surface area contributed by atoms with Gasteiger partial charge in [0, 0.05) is 18.7 Å². The Bertz CT molecular complexity index is 888. The summed E-state index contributed by atoms with van der Waals surface area (Å²) in [5, 5.41) is 5.21. The Morgan fingerprint density at radius 3 is 2.39 bits per heavy atom. The summed E-state index contributed by atoms with van der Waals surface area (Å²) in [4.78, 5) is 35.0. The molecule has 0 bridgehead atoms. The van der Waals surface area contributed by atoms with Crippen LogP contribution in [0.4, 0.5) is 11.4 Å². The Hall–Kier alpha value is -3.61. The van der Waals surface area contributed by atoms with E-state index >= 15 is 0 Å². The maximum atomic E-state index is 12.1. The molecule has 0 aliphatic heterocycles. The normalized spacial score (nSPS) is 10.4. The van der Waals surface area contributed by atoms with Crippen molar-refractivity contribution >= 4 is 35.2 Å². The van der Waals surface area contributed by atoms with Crippen LogP contribution >= 0.6 is 0 Å². The molecule has 2 aromatic rings. The minimum absolute atomic E-state index is 0.239. The van der Waals surface area contributed by atoms with Gasteiger partial charge in [-0.15, -0.1) is 0 Å². The van der Waals surface area contributed by atoms with Gasteiger partial charge in [-0.2, -0.15) is 0 Å². The molecule has 0 saturated carbocycles. The van der Waals surface area contributed by atoms with Crippen molar-refractivity contribution in [2.75, 3.05) is 24.4 Å². The zero-order valence-corrected chi connectivity index (χ0v) is 15.9. The van der Waals surface area contributed by atoms with Crippen LogP contribution in [0.1, 0.15) is 18.1 Å². The first-order chi connectivity index (χ1) is 13.4. The monoisotopic (exact) mass is 382 g/mol. The molecule has 0 heterocycles. The van der Waals surface area contributed by atoms with E-state index in [1.54, 1.807) is 24.3 Å². The predicted octanol–water partition coefficient (Wildman–Crippen LogP) is 3.16. The number of benzene rings is 2. The van der Waals surface area contributed by atoms with E-state index in [0.29, 0.717) is 17.1 Å². The van der Waals surface area contributed by atoms with Crippen LogP contribution < -0.4 is 15.4 Å². The summed E-state index contributed by atoms with van der Waals surface area (Å²) in [6.45, 7) is 2.90. The highest BCUT2D eigenvalue weighted by atomic mass is 16.5. The molecular weight excluding hydrogens is 360 g/mol. The number of hydrogen-bond donors (Lipinski definition) is 2. The van der Waals surface area contributed by atoms with Crippen molar-refractivity contribution in [2.24, 2.45) is 0 Å². The second kappa shape index (κ2) is 9.91. The van der Waals surface area contributed by atoms with Crippen molar-refractivity contribution in [1.82, 2.24) is 0 Å². The van der Waals surface area contributed by atoms with Gasteiger partial charge in [-0.25, -0.2) is 4.79 Å². The Labute approximate surface area is 163 Å². The number of carbonyl (C=O) groups is 3. The van der Waals surface area contributed by atoms with Crippen molar-refractivity contribution in [3.05, 3.63) is 59.7 Å². The molecule has 0 radical (unpaired) electrons. The first-order valence-corrected chi connectivity index (χ1v) is 8.54. The molecule has 146 valence electrons. The van der Waals surface area contributed by atoms with Crippen LogP contribution in [0, 0.1) is 6.92 Å². The zero-order chi connectivity index (χ0) is 20.5. The van der Waals surface area contributed by atoms with Crippen molar-refractivity contribution in [1.29, 1.82) is 0 Å². The number of amides is 2. The molecule has 0 aromatic heterocycles. The van der Waals surface area contributed by atoms with Crippen LogP contribution in [-0.4, -0.2) is 31.5 Å². The van der Waals surface area contributed by atoms with Gasteiger partial charge in [-0.05, 0) is 36.8 Å². The lowest BCUT2D eigenvalue weighted by molar-refractivity contribution is -0.142. The third-order valence-corrected chi connectivity index (χ3v) is 3.63. The highest BCUT2D eigenvalue weighted by Crippen LogP contribution is 2.27. The highest BCUT2D eigenvalue weighted by molar-refractivity contribution is 5.97. The van der Waals surface area contributed by atoms with Gasteiger partial charge in [0.15, 0.2) is 6.61 Å². The molecule has 0 saturated heterocycles. The van der Waals surface area contributed by atoms with E-state index in [0.717, 1.165) is 11.1 Å². The molecule has 0 aliphatic carbocycles. The van der Waals surface area contributed by atoms with E-state index in [-0.39, 0.29) is 5.91 Å². The van der Waals surface area contributed by atoms with Crippen LogP contribution in [0.3, 0.4) is 0 Å². The summed E-state index contributed by atoms with van der Waals surface area (Å²) in [6, 6.07) is 12.4. The van der Waals surface area contributed by atoms with Crippen molar-refractivity contribution in [3.63, 3.8) is 0 Å². The van der Waals surface area contributed by atoms with Gasteiger partial charge in [0.05, 0.1) is 12.8 Å². The fraction of sp³-hybridized carbons (Fsp3) is 0.190. The molecule has 0 unspecified atom stereocenters. The lowest BCUT2D eigenvalue weighted by Gasteiger charge is -2.12. The Morgan fingerprint density at radius 1 is 1.04 bits per heavy atom. The molecule has 0 aliphatic rings. The Morgan fingerprint density at radius 2 is 1.75 bits per heavy atom. The molecule has 2 amide bonds. The average Bonchev–Trinajstić information content (AvgIpc) is 2.65. The summed E-state index contributed by atoms with van der Waals surface area (Å²) >= 11 is 0. The van der Waals surface area contributed by atoms with Crippen LogP contribution in [-0.2, 0) is 19.1 Å². The van der Waals surface area contributed by atoms with Crippen LogP contribution in [0.15, 0.2) is 48.5 Å². The lowest BCUT2D eigenvalue weighted by Crippen LogP contribution is -2.20. The van der Waals surface area contributed by atoms with Gasteiger partial charge in [0.1, 0.15) is 5.75 Å². The second-order valence-corrected chi connectivity index (χ2v) is 6.00. The fourth-order valence-electron chi connectivity index (χ4n) is 2.30. The average molecular weight is 382 g/mol. The minimum Gasteiger partial charge on any atom is -0.495 e. The molecule has 28 heavy (non-hydrogen) atoms. The topological polar surface area (TPSA) is 93.7 Å². The van der Waals surface area contributed by atoms with Crippen molar-refractivity contribution < 1.29 is 23.9 Å². The number of nitrogens with one attached hydrogen (secondary N) is 2. The molecule has 7 heteroatoms. The standard InChI is InChI=1S/C21H22N2O5/c1-14-4-6-16(7-5-14)8-11-21(26)28-13-20(25)23-18-12-17(22-15(2)24)9-10-19(18)27-3/h4-12H,13H2,1-3H3,(H,22,24)(H,23,25)/b11-8+. The largest absolute Gasteiger partial charge is 0.495 e. The first kappa shape index (κ1) is 20.7. The summed E-state index contributed by atoms with van der Waals surface area (Å²) in [5.74, 6) is -0.991. The van der Waals surface area contributed by atoms with E-state index < -0.39 is 18.5 Å². The number of esters is 1. The third kappa shape index (κ3) is 6.60. The van der Waals surface area contributed by atoms with Gasteiger partial charge in [0.2, 0.25) is 5.91 Å². The van der Waals surface area contributed by atoms with Crippen LogP contribution in [0.2, 0.25) is 0 Å².